The van der Waals surface area contributed by atoms with Crippen molar-refractivity contribution in [3.63, 3.8) is 0 Å². The van der Waals surface area contributed by atoms with E-state index < -0.39 is 0 Å². The van der Waals surface area contributed by atoms with Crippen molar-refractivity contribution in [2.45, 2.75) is 17.9 Å². The Bertz CT molecular complexity index is 547. The molecule has 17 heavy (non-hydrogen) atoms. The average Bonchev–Trinajstić information content (AvgIpc) is 2.85. The maximum Gasteiger partial charge on any atom is 0.0825 e. The Labute approximate surface area is 105 Å². The molecule has 1 unspecified atom stereocenters. The van der Waals surface area contributed by atoms with Crippen LogP contribution in [0.3, 0.4) is 0 Å². The summed E-state index contributed by atoms with van der Waals surface area (Å²) in [5, 5.41) is 7.94. The summed E-state index contributed by atoms with van der Waals surface area (Å²) in [6.07, 6.45) is 2.04. The Hall–Kier alpha value is -1.42. The zero-order valence-corrected chi connectivity index (χ0v) is 10.8. The zero-order chi connectivity index (χ0) is 11.8. The molecule has 0 saturated carbocycles. The number of fused-ring (bicyclic) bond motifs is 1. The van der Waals surface area contributed by atoms with E-state index in [1.54, 1.807) is 0 Å². The fourth-order valence-electron chi connectivity index (χ4n) is 2.21. The van der Waals surface area contributed by atoms with Gasteiger partial charge in [-0.15, -0.1) is 11.8 Å². The van der Waals surface area contributed by atoms with Gasteiger partial charge >= 0.3 is 0 Å². The smallest absolute Gasteiger partial charge is 0.0825 e. The first-order valence-corrected chi connectivity index (χ1v) is 6.71. The molecule has 1 atom stereocenters. The maximum atomic E-state index is 4.36. The molecule has 3 rings (SSSR count). The summed E-state index contributed by atoms with van der Waals surface area (Å²) in [6.45, 7) is 2.04. The number of aromatic nitrogens is 2. The SMILES string of the molecule is Cc1nn(C)cc1NC1CSc2ccccc21. The third kappa shape index (κ3) is 1.93. The molecule has 1 aromatic heterocycles. The van der Waals surface area contributed by atoms with Crippen LogP contribution in [-0.2, 0) is 7.05 Å². The number of nitrogens with zero attached hydrogens (tertiary/aromatic N) is 2. The lowest BCUT2D eigenvalue weighted by atomic mass is 10.1. The van der Waals surface area contributed by atoms with Gasteiger partial charge in [0.2, 0.25) is 0 Å². The molecule has 1 aromatic carbocycles. The van der Waals surface area contributed by atoms with Gasteiger partial charge in [-0.25, -0.2) is 0 Å². The lowest BCUT2D eigenvalue weighted by molar-refractivity contribution is 0.756. The van der Waals surface area contributed by atoms with Crippen molar-refractivity contribution in [1.29, 1.82) is 0 Å². The van der Waals surface area contributed by atoms with Crippen LogP contribution in [0.25, 0.3) is 0 Å². The minimum Gasteiger partial charge on any atom is -0.375 e. The monoisotopic (exact) mass is 245 g/mol. The number of hydrogen-bond acceptors (Lipinski definition) is 3. The summed E-state index contributed by atoms with van der Waals surface area (Å²) in [6, 6.07) is 9.01. The summed E-state index contributed by atoms with van der Waals surface area (Å²) >= 11 is 1.92. The van der Waals surface area contributed by atoms with Gasteiger partial charge in [-0.2, -0.15) is 5.10 Å². The van der Waals surface area contributed by atoms with Crippen molar-refractivity contribution in [1.82, 2.24) is 9.78 Å². The largest absolute Gasteiger partial charge is 0.375 e. The first-order chi connectivity index (χ1) is 8.24. The number of nitrogens with one attached hydrogen (secondary N) is 1. The second-order valence-corrected chi connectivity index (χ2v) is 5.41. The quantitative estimate of drug-likeness (QED) is 0.882. The lowest BCUT2D eigenvalue weighted by Gasteiger charge is -2.13. The van der Waals surface area contributed by atoms with Crippen molar-refractivity contribution in [2.24, 2.45) is 7.05 Å². The van der Waals surface area contributed by atoms with Crippen LogP contribution in [0.1, 0.15) is 17.3 Å². The average molecular weight is 245 g/mol. The van der Waals surface area contributed by atoms with E-state index in [1.165, 1.54) is 10.5 Å². The summed E-state index contributed by atoms with van der Waals surface area (Å²) in [5.41, 5.74) is 3.59. The van der Waals surface area contributed by atoms with E-state index in [4.69, 9.17) is 0 Å². The molecule has 2 aromatic rings. The van der Waals surface area contributed by atoms with Crippen molar-refractivity contribution >= 4 is 17.4 Å². The highest BCUT2D eigenvalue weighted by Gasteiger charge is 2.23. The van der Waals surface area contributed by atoms with E-state index in [2.05, 4.69) is 34.7 Å². The van der Waals surface area contributed by atoms with Crippen LogP contribution >= 0.6 is 11.8 Å². The number of thioether (sulfide) groups is 1. The van der Waals surface area contributed by atoms with Gasteiger partial charge < -0.3 is 5.32 Å². The Morgan fingerprint density at radius 3 is 3.00 bits per heavy atom. The fourth-order valence-corrected chi connectivity index (χ4v) is 3.37. The molecule has 4 heteroatoms. The minimum absolute atomic E-state index is 0.402. The highest BCUT2D eigenvalue weighted by molar-refractivity contribution is 7.99. The Morgan fingerprint density at radius 1 is 1.41 bits per heavy atom. The number of anilines is 1. The molecule has 0 aliphatic carbocycles. The fraction of sp³-hybridized carbons (Fsp3) is 0.308. The standard InChI is InChI=1S/C13H15N3S/c1-9-11(7-16(2)15-9)14-12-8-17-13-6-4-3-5-10(12)13/h3-7,12,14H,8H2,1-2H3. The Morgan fingerprint density at radius 2 is 2.24 bits per heavy atom. The summed E-state index contributed by atoms with van der Waals surface area (Å²) in [7, 11) is 1.95. The predicted octanol–water partition coefficient (Wildman–Crippen LogP) is 2.99. The van der Waals surface area contributed by atoms with Gasteiger partial charge in [0.05, 0.1) is 17.4 Å². The molecule has 3 nitrogen and oxygen atoms in total. The number of rotatable bonds is 2. The van der Waals surface area contributed by atoms with Gasteiger partial charge in [0, 0.05) is 23.9 Å². The van der Waals surface area contributed by atoms with Crippen LogP contribution in [0, 0.1) is 6.92 Å². The van der Waals surface area contributed by atoms with Crippen molar-refractivity contribution in [3.05, 3.63) is 41.7 Å². The molecule has 1 N–H and O–H groups in total. The summed E-state index contributed by atoms with van der Waals surface area (Å²) in [5.74, 6) is 1.09. The topological polar surface area (TPSA) is 29.9 Å². The molecule has 2 heterocycles. The van der Waals surface area contributed by atoms with Crippen molar-refractivity contribution in [2.75, 3.05) is 11.1 Å². The van der Waals surface area contributed by atoms with E-state index in [9.17, 15) is 0 Å². The van der Waals surface area contributed by atoms with Crippen LogP contribution in [0.2, 0.25) is 0 Å². The molecule has 88 valence electrons. The van der Waals surface area contributed by atoms with E-state index >= 15 is 0 Å². The first kappa shape index (κ1) is 10.7. The lowest BCUT2D eigenvalue weighted by Crippen LogP contribution is -2.09. The molecule has 1 aliphatic rings. The van der Waals surface area contributed by atoms with Crippen LogP contribution in [0.15, 0.2) is 35.4 Å². The summed E-state index contributed by atoms with van der Waals surface area (Å²) in [4.78, 5) is 1.39. The van der Waals surface area contributed by atoms with Gasteiger partial charge in [-0.3, -0.25) is 4.68 Å². The number of benzene rings is 1. The molecule has 1 aliphatic heterocycles. The van der Waals surface area contributed by atoms with Crippen molar-refractivity contribution < 1.29 is 0 Å². The first-order valence-electron chi connectivity index (χ1n) is 5.72. The Balaban J connectivity index is 1.86. The molecular formula is C13H15N3S. The molecular weight excluding hydrogens is 230 g/mol. The maximum absolute atomic E-state index is 4.36. The van der Waals surface area contributed by atoms with Gasteiger partial charge in [-0.1, -0.05) is 18.2 Å². The molecule has 0 fully saturated rings. The van der Waals surface area contributed by atoms with E-state index in [0.29, 0.717) is 6.04 Å². The Kier molecular flexibility index (Phi) is 2.59. The van der Waals surface area contributed by atoms with Gasteiger partial charge in [-0.05, 0) is 18.6 Å². The van der Waals surface area contributed by atoms with Crippen LogP contribution in [0.5, 0.6) is 0 Å². The normalized spacial score (nSPS) is 18.1. The zero-order valence-electron chi connectivity index (χ0n) is 9.97. The molecule has 0 spiro atoms. The van der Waals surface area contributed by atoms with E-state index in [-0.39, 0.29) is 0 Å². The molecule has 0 amide bonds. The predicted molar refractivity (Wildman–Crippen MR) is 71.5 cm³/mol. The van der Waals surface area contributed by atoms with E-state index in [1.807, 2.05) is 36.6 Å². The number of hydrogen-bond donors (Lipinski definition) is 1. The third-order valence-corrected chi connectivity index (χ3v) is 4.23. The second-order valence-electron chi connectivity index (χ2n) is 4.35. The molecule has 0 radical (unpaired) electrons. The second kappa shape index (κ2) is 4.11. The van der Waals surface area contributed by atoms with Crippen LogP contribution in [-0.4, -0.2) is 15.5 Å². The molecule has 0 saturated heterocycles. The van der Waals surface area contributed by atoms with Gasteiger partial charge in [0.25, 0.3) is 0 Å². The van der Waals surface area contributed by atoms with Gasteiger partial charge in [0.15, 0.2) is 0 Å². The highest BCUT2D eigenvalue weighted by Crippen LogP contribution is 2.39. The van der Waals surface area contributed by atoms with Crippen molar-refractivity contribution in [3.8, 4) is 0 Å². The van der Waals surface area contributed by atoms with Gasteiger partial charge in [0.1, 0.15) is 0 Å². The van der Waals surface area contributed by atoms with Crippen LogP contribution < -0.4 is 5.32 Å². The van der Waals surface area contributed by atoms with Crippen LogP contribution in [0.4, 0.5) is 5.69 Å². The highest BCUT2D eigenvalue weighted by atomic mass is 32.2. The van der Waals surface area contributed by atoms with E-state index in [0.717, 1.165) is 17.1 Å². The minimum atomic E-state index is 0.402. The summed E-state index contributed by atoms with van der Waals surface area (Å²) < 4.78 is 1.85. The third-order valence-electron chi connectivity index (χ3n) is 3.04. The number of aryl methyl sites for hydroxylation is 2. The molecule has 0 bridgehead atoms.